The number of allylic oxidation sites excluding steroid dienone is 2. The number of ether oxygens (including phenoxy) is 1. The number of hydrogen-bond donors (Lipinski definition) is 0. The van der Waals surface area contributed by atoms with Crippen molar-refractivity contribution in [2.24, 2.45) is 0 Å². The molecule has 6 heteroatoms. The SMILES string of the molecule is CCOc1ccc(-c2ccc(CCCC=CCF)c(F)c2F)c(F)c1F. The Kier molecular flexibility index (Phi) is 7.18. The lowest BCUT2D eigenvalue weighted by atomic mass is 9.99. The lowest BCUT2D eigenvalue weighted by molar-refractivity contribution is 0.314. The second-order valence-corrected chi connectivity index (χ2v) is 5.59. The van der Waals surface area contributed by atoms with Gasteiger partial charge < -0.3 is 4.74 Å². The zero-order valence-electron chi connectivity index (χ0n) is 14.3. The zero-order chi connectivity index (χ0) is 19.1. The molecule has 140 valence electrons. The van der Waals surface area contributed by atoms with Crippen molar-refractivity contribution in [3.63, 3.8) is 0 Å². The summed E-state index contributed by atoms with van der Waals surface area (Å²) in [6.45, 7) is 1.20. The molecule has 0 bridgehead atoms. The van der Waals surface area contributed by atoms with Crippen molar-refractivity contribution in [3.05, 3.63) is 65.2 Å². The number of halogens is 5. The van der Waals surface area contributed by atoms with Crippen LogP contribution in [0.25, 0.3) is 11.1 Å². The van der Waals surface area contributed by atoms with E-state index in [0.29, 0.717) is 12.8 Å². The summed E-state index contributed by atoms with van der Waals surface area (Å²) in [4.78, 5) is 0. The summed E-state index contributed by atoms with van der Waals surface area (Å²) in [5.41, 5.74) is -0.602. The maximum absolute atomic E-state index is 14.4. The van der Waals surface area contributed by atoms with Gasteiger partial charge in [0.05, 0.1) is 6.61 Å². The Morgan fingerprint density at radius 2 is 1.50 bits per heavy atom. The largest absolute Gasteiger partial charge is 0.491 e. The van der Waals surface area contributed by atoms with Gasteiger partial charge in [-0.25, -0.2) is 17.6 Å². The summed E-state index contributed by atoms with van der Waals surface area (Å²) in [6, 6.07) is 4.91. The predicted octanol–water partition coefficient (Wildman–Crippen LogP) is 6.16. The predicted molar refractivity (Wildman–Crippen MR) is 90.9 cm³/mol. The molecule has 0 saturated heterocycles. The minimum Gasteiger partial charge on any atom is -0.491 e. The van der Waals surface area contributed by atoms with Gasteiger partial charge in [-0.1, -0.05) is 24.3 Å². The van der Waals surface area contributed by atoms with Crippen molar-refractivity contribution in [1.29, 1.82) is 0 Å². The van der Waals surface area contributed by atoms with Crippen LogP contribution in [0.1, 0.15) is 25.3 Å². The standard InChI is InChI=1S/C20H19F5O/c1-2-26-16-11-10-15(19(24)20(16)25)14-9-8-13(17(22)18(14)23)7-5-3-4-6-12-21/h4,6,8-11H,2-3,5,7,12H2,1H3. The minimum absolute atomic E-state index is 0.131. The van der Waals surface area contributed by atoms with Crippen LogP contribution in [0.3, 0.4) is 0 Å². The van der Waals surface area contributed by atoms with Crippen molar-refractivity contribution in [2.75, 3.05) is 13.3 Å². The molecular formula is C20H19F5O. The molecule has 0 amide bonds. The molecule has 0 radical (unpaired) electrons. The Balaban J connectivity index is 2.28. The van der Waals surface area contributed by atoms with Crippen molar-refractivity contribution in [3.8, 4) is 16.9 Å². The molecule has 0 aliphatic rings. The summed E-state index contributed by atoms with van der Waals surface area (Å²) in [5.74, 6) is -5.14. The van der Waals surface area contributed by atoms with Crippen LogP contribution in [-0.4, -0.2) is 13.3 Å². The van der Waals surface area contributed by atoms with E-state index in [1.165, 1.54) is 24.3 Å². The van der Waals surface area contributed by atoms with Crippen LogP contribution in [-0.2, 0) is 6.42 Å². The molecular weight excluding hydrogens is 351 g/mol. The smallest absolute Gasteiger partial charge is 0.201 e. The van der Waals surface area contributed by atoms with Crippen LogP contribution in [0, 0.1) is 23.3 Å². The molecule has 2 rings (SSSR count). The van der Waals surface area contributed by atoms with E-state index in [1.807, 2.05) is 0 Å². The molecule has 1 nitrogen and oxygen atoms in total. The Bertz CT molecular complexity index is 786. The van der Waals surface area contributed by atoms with Gasteiger partial charge in [-0.05, 0) is 43.9 Å². The molecule has 0 aliphatic heterocycles. The third kappa shape index (κ3) is 4.42. The summed E-state index contributed by atoms with van der Waals surface area (Å²) >= 11 is 0. The molecule has 0 spiro atoms. The third-order valence-corrected chi connectivity index (χ3v) is 3.87. The summed E-state index contributed by atoms with van der Waals surface area (Å²) in [6.07, 6.45) is 4.27. The second-order valence-electron chi connectivity index (χ2n) is 5.59. The highest BCUT2D eigenvalue weighted by Crippen LogP contribution is 2.33. The van der Waals surface area contributed by atoms with Gasteiger partial charge in [0.2, 0.25) is 5.82 Å². The Morgan fingerprint density at radius 1 is 0.846 bits per heavy atom. The van der Waals surface area contributed by atoms with Crippen molar-refractivity contribution >= 4 is 0 Å². The Morgan fingerprint density at radius 3 is 2.15 bits per heavy atom. The Labute approximate surface area is 149 Å². The molecule has 0 atom stereocenters. The highest BCUT2D eigenvalue weighted by Gasteiger charge is 2.21. The van der Waals surface area contributed by atoms with Crippen LogP contribution < -0.4 is 4.74 Å². The van der Waals surface area contributed by atoms with E-state index in [1.54, 1.807) is 13.0 Å². The first-order chi connectivity index (χ1) is 12.5. The van der Waals surface area contributed by atoms with E-state index >= 15 is 0 Å². The molecule has 26 heavy (non-hydrogen) atoms. The fourth-order valence-corrected chi connectivity index (χ4v) is 2.59. The fraction of sp³-hybridized carbons (Fsp3) is 0.300. The first-order valence-corrected chi connectivity index (χ1v) is 8.30. The number of unbranched alkanes of at least 4 members (excludes halogenated alkanes) is 1. The van der Waals surface area contributed by atoms with Gasteiger partial charge in [0, 0.05) is 11.1 Å². The van der Waals surface area contributed by atoms with Gasteiger partial charge in [0.15, 0.2) is 23.2 Å². The number of hydrogen-bond acceptors (Lipinski definition) is 1. The van der Waals surface area contributed by atoms with Crippen LogP contribution in [0.5, 0.6) is 5.75 Å². The molecule has 0 unspecified atom stereocenters. The van der Waals surface area contributed by atoms with Crippen LogP contribution in [0.15, 0.2) is 36.4 Å². The van der Waals surface area contributed by atoms with Gasteiger partial charge in [0.1, 0.15) is 6.67 Å². The normalized spacial score (nSPS) is 11.3. The maximum Gasteiger partial charge on any atom is 0.201 e. The van der Waals surface area contributed by atoms with Crippen LogP contribution >= 0.6 is 0 Å². The van der Waals surface area contributed by atoms with E-state index in [9.17, 15) is 22.0 Å². The van der Waals surface area contributed by atoms with Gasteiger partial charge in [0.25, 0.3) is 0 Å². The highest BCUT2D eigenvalue weighted by molar-refractivity contribution is 5.66. The fourth-order valence-electron chi connectivity index (χ4n) is 2.59. The first kappa shape index (κ1) is 19.9. The maximum atomic E-state index is 14.4. The average Bonchev–Trinajstić information content (AvgIpc) is 2.63. The van der Waals surface area contributed by atoms with Crippen LogP contribution in [0.2, 0.25) is 0 Å². The summed E-state index contributed by atoms with van der Waals surface area (Å²) < 4.78 is 73.7. The molecule has 0 aliphatic carbocycles. The quantitative estimate of drug-likeness (QED) is 0.307. The topological polar surface area (TPSA) is 9.23 Å². The van der Waals surface area contributed by atoms with Crippen LogP contribution in [0.4, 0.5) is 22.0 Å². The number of aryl methyl sites for hydroxylation is 1. The minimum atomic E-state index is -1.29. The van der Waals surface area contributed by atoms with Crippen molar-refractivity contribution in [1.82, 2.24) is 0 Å². The van der Waals surface area contributed by atoms with Gasteiger partial charge >= 0.3 is 0 Å². The first-order valence-electron chi connectivity index (χ1n) is 8.30. The molecule has 0 aromatic heterocycles. The van der Waals surface area contributed by atoms with E-state index in [0.717, 1.165) is 6.07 Å². The molecule has 2 aromatic carbocycles. The molecule has 0 fully saturated rings. The summed E-state index contributed by atoms with van der Waals surface area (Å²) in [7, 11) is 0. The third-order valence-electron chi connectivity index (χ3n) is 3.87. The van der Waals surface area contributed by atoms with Gasteiger partial charge in [-0.15, -0.1) is 0 Å². The van der Waals surface area contributed by atoms with E-state index in [4.69, 9.17) is 4.74 Å². The summed E-state index contributed by atoms with van der Waals surface area (Å²) in [5, 5.41) is 0. The number of alkyl halides is 1. The molecule has 0 N–H and O–H groups in total. The molecule has 0 heterocycles. The van der Waals surface area contributed by atoms with E-state index in [-0.39, 0.29) is 35.5 Å². The van der Waals surface area contributed by atoms with E-state index < -0.39 is 29.9 Å². The lowest BCUT2D eigenvalue weighted by Gasteiger charge is -2.12. The monoisotopic (exact) mass is 370 g/mol. The van der Waals surface area contributed by atoms with E-state index in [2.05, 4.69) is 0 Å². The lowest BCUT2D eigenvalue weighted by Crippen LogP contribution is -2.01. The number of rotatable bonds is 8. The van der Waals surface area contributed by atoms with Gasteiger partial charge in [-0.3, -0.25) is 0 Å². The molecule has 0 saturated carbocycles. The van der Waals surface area contributed by atoms with Crippen molar-refractivity contribution < 1.29 is 26.7 Å². The van der Waals surface area contributed by atoms with Gasteiger partial charge in [-0.2, -0.15) is 4.39 Å². The van der Waals surface area contributed by atoms with Crippen molar-refractivity contribution in [2.45, 2.75) is 26.2 Å². The zero-order valence-corrected chi connectivity index (χ0v) is 14.3. The highest BCUT2D eigenvalue weighted by atomic mass is 19.2. The molecule has 2 aromatic rings. The number of benzene rings is 2. The average molecular weight is 370 g/mol. The second kappa shape index (κ2) is 9.36. The Hall–Kier alpha value is -2.37.